The van der Waals surface area contributed by atoms with Crippen LogP contribution in [-0.4, -0.2) is 5.91 Å². The maximum absolute atomic E-state index is 12.2. The van der Waals surface area contributed by atoms with Gasteiger partial charge in [0.15, 0.2) is 0 Å². The van der Waals surface area contributed by atoms with Crippen molar-refractivity contribution in [3.63, 3.8) is 0 Å². The van der Waals surface area contributed by atoms with Gasteiger partial charge in [0.2, 0.25) is 0 Å². The topological polar surface area (TPSA) is 29.1 Å². The van der Waals surface area contributed by atoms with Gasteiger partial charge in [0.1, 0.15) is 0 Å². The van der Waals surface area contributed by atoms with Gasteiger partial charge in [-0.1, -0.05) is 35.4 Å². The van der Waals surface area contributed by atoms with Crippen molar-refractivity contribution >= 4 is 23.2 Å². The van der Waals surface area contributed by atoms with Gasteiger partial charge < -0.3 is 5.32 Å². The molecule has 2 aromatic carbocycles. The summed E-state index contributed by atoms with van der Waals surface area (Å²) in [6.45, 7) is 3.97. The van der Waals surface area contributed by atoms with Crippen LogP contribution in [0.15, 0.2) is 42.5 Å². The minimum atomic E-state index is -0.107. The molecule has 0 saturated carbocycles. The highest BCUT2D eigenvalue weighted by molar-refractivity contribution is 6.17. The van der Waals surface area contributed by atoms with Crippen LogP contribution in [0, 0.1) is 13.8 Å². The van der Waals surface area contributed by atoms with Crippen molar-refractivity contribution in [1.82, 2.24) is 0 Å². The molecule has 0 aliphatic carbocycles. The SMILES string of the molecule is Cc1cc(C)cc(C(=O)Nc2ccccc2CCl)c1. The standard InChI is InChI=1S/C16H16ClNO/c1-11-7-12(2)9-14(8-11)16(19)18-15-6-4-3-5-13(15)10-17/h3-9H,10H2,1-2H3,(H,18,19). The first-order valence-corrected chi connectivity index (χ1v) is 6.67. The van der Waals surface area contributed by atoms with Gasteiger partial charge in [-0.05, 0) is 37.6 Å². The monoisotopic (exact) mass is 273 g/mol. The first-order valence-electron chi connectivity index (χ1n) is 6.13. The molecular weight excluding hydrogens is 258 g/mol. The summed E-state index contributed by atoms with van der Waals surface area (Å²) < 4.78 is 0. The van der Waals surface area contributed by atoms with E-state index in [9.17, 15) is 4.79 Å². The molecule has 0 aliphatic heterocycles. The highest BCUT2D eigenvalue weighted by Gasteiger charge is 2.09. The number of rotatable bonds is 3. The van der Waals surface area contributed by atoms with Gasteiger partial charge in [-0.2, -0.15) is 0 Å². The second-order valence-corrected chi connectivity index (χ2v) is 4.89. The Morgan fingerprint density at radius 1 is 1.11 bits per heavy atom. The molecule has 0 heterocycles. The van der Waals surface area contributed by atoms with Crippen molar-refractivity contribution in [1.29, 1.82) is 0 Å². The number of hydrogen-bond donors (Lipinski definition) is 1. The van der Waals surface area contributed by atoms with Crippen molar-refractivity contribution in [2.75, 3.05) is 5.32 Å². The van der Waals surface area contributed by atoms with Gasteiger partial charge >= 0.3 is 0 Å². The zero-order valence-corrected chi connectivity index (χ0v) is 11.8. The maximum Gasteiger partial charge on any atom is 0.255 e. The fourth-order valence-corrected chi connectivity index (χ4v) is 2.29. The van der Waals surface area contributed by atoms with Gasteiger partial charge in [-0.3, -0.25) is 4.79 Å². The lowest BCUT2D eigenvalue weighted by atomic mass is 10.1. The molecule has 0 atom stereocenters. The average Bonchev–Trinajstić information content (AvgIpc) is 2.38. The number of nitrogens with one attached hydrogen (secondary N) is 1. The first-order chi connectivity index (χ1) is 9.10. The van der Waals surface area contributed by atoms with E-state index >= 15 is 0 Å². The fraction of sp³-hybridized carbons (Fsp3) is 0.188. The Morgan fingerprint density at radius 2 is 1.74 bits per heavy atom. The van der Waals surface area contributed by atoms with Crippen LogP contribution in [0.4, 0.5) is 5.69 Å². The Bertz CT molecular complexity index is 587. The van der Waals surface area contributed by atoms with Crippen molar-refractivity contribution in [3.8, 4) is 0 Å². The molecule has 0 bridgehead atoms. The number of anilines is 1. The normalized spacial score (nSPS) is 10.3. The van der Waals surface area contributed by atoms with E-state index in [4.69, 9.17) is 11.6 Å². The molecule has 1 amide bonds. The fourth-order valence-electron chi connectivity index (χ4n) is 2.06. The molecule has 0 aromatic heterocycles. The number of benzene rings is 2. The van der Waals surface area contributed by atoms with Crippen molar-refractivity contribution in [2.24, 2.45) is 0 Å². The number of amides is 1. The summed E-state index contributed by atoms with van der Waals surface area (Å²) in [7, 11) is 0. The predicted molar refractivity (Wildman–Crippen MR) is 79.9 cm³/mol. The summed E-state index contributed by atoms with van der Waals surface area (Å²) in [5.74, 6) is 0.271. The van der Waals surface area contributed by atoms with Gasteiger partial charge in [0.25, 0.3) is 5.91 Å². The molecule has 0 unspecified atom stereocenters. The Morgan fingerprint density at radius 3 is 2.37 bits per heavy atom. The lowest BCUT2D eigenvalue weighted by Gasteiger charge is -2.10. The van der Waals surface area contributed by atoms with E-state index in [2.05, 4.69) is 5.32 Å². The molecule has 19 heavy (non-hydrogen) atoms. The quantitative estimate of drug-likeness (QED) is 0.830. The van der Waals surface area contributed by atoms with Gasteiger partial charge in [-0.15, -0.1) is 11.6 Å². The van der Waals surface area contributed by atoms with E-state index in [0.717, 1.165) is 22.4 Å². The number of halogens is 1. The molecule has 2 nitrogen and oxygen atoms in total. The van der Waals surface area contributed by atoms with E-state index in [1.165, 1.54) is 0 Å². The smallest absolute Gasteiger partial charge is 0.255 e. The second-order valence-electron chi connectivity index (χ2n) is 4.62. The number of alkyl halides is 1. The highest BCUT2D eigenvalue weighted by atomic mass is 35.5. The average molecular weight is 274 g/mol. The van der Waals surface area contributed by atoms with Crippen LogP contribution in [0.1, 0.15) is 27.0 Å². The van der Waals surface area contributed by atoms with E-state index in [1.54, 1.807) is 0 Å². The van der Waals surface area contributed by atoms with Gasteiger partial charge in [0.05, 0.1) is 0 Å². The number of hydrogen-bond acceptors (Lipinski definition) is 1. The molecule has 98 valence electrons. The number of carbonyl (C=O) groups excluding carboxylic acids is 1. The molecular formula is C16H16ClNO. The van der Waals surface area contributed by atoms with Crippen LogP contribution in [0.25, 0.3) is 0 Å². The summed E-state index contributed by atoms with van der Waals surface area (Å²) in [4.78, 5) is 12.2. The molecule has 0 aliphatic rings. The molecule has 0 radical (unpaired) electrons. The van der Waals surface area contributed by atoms with Crippen LogP contribution in [-0.2, 0) is 5.88 Å². The minimum absolute atomic E-state index is 0.107. The van der Waals surface area contributed by atoms with Crippen molar-refractivity contribution in [2.45, 2.75) is 19.7 Å². The number of carbonyl (C=O) groups is 1. The van der Waals surface area contributed by atoms with E-state index in [0.29, 0.717) is 11.4 Å². The summed E-state index contributed by atoms with van der Waals surface area (Å²) >= 11 is 5.86. The molecule has 0 spiro atoms. The van der Waals surface area contributed by atoms with Crippen LogP contribution >= 0.6 is 11.6 Å². The first kappa shape index (κ1) is 13.6. The van der Waals surface area contributed by atoms with Crippen molar-refractivity contribution in [3.05, 3.63) is 64.7 Å². The summed E-state index contributed by atoms with van der Waals surface area (Å²) in [6.07, 6.45) is 0. The lowest BCUT2D eigenvalue weighted by Crippen LogP contribution is -2.13. The zero-order chi connectivity index (χ0) is 13.8. The maximum atomic E-state index is 12.2. The Balaban J connectivity index is 2.25. The van der Waals surface area contributed by atoms with E-state index < -0.39 is 0 Å². The third-order valence-electron chi connectivity index (χ3n) is 2.89. The zero-order valence-electron chi connectivity index (χ0n) is 11.0. The van der Waals surface area contributed by atoms with Gasteiger partial charge in [0, 0.05) is 17.1 Å². The summed E-state index contributed by atoms with van der Waals surface area (Å²) in [5, 5.41) is 2.91. The molecule has 0 saturated heterocycles. The third-order valence-corrected chi connectivity index (χ3v) is 3.18. The second kappa shape index (κ2) is 5.89. The molecule has 1 N–H and O–H groups in total. The Kier molecular flexibility index (Phi) is 4.23. The van der Waals surface area contributed by atoms with Crippen LogP contribution < -0.4 is 5.32 Å². The molecule has 2 aromatic rings. The summed E-state index contributed by atoms with van der Waals surface area (Å²) in [6, 6.07) is 13.4. The molecule has 0 fully saturated rings. The van der Waals surface area contributed by atoms with Gasteiger partial charge in [-0.25, -0.2) is 0 Å². The van der Waals surface area contributed by atoms with Crippen molar-refractivity contribution < 1.29 is 4.79 Å². The number of para-hydroxylation sites is 1. The summed E-state index contributed by atoms with van der Waals surface area (Å²) in [5.41, 5.74) is 4.51. The van der Waals surface area contributed by atoms with E-state index in [1.807, 2.05) is 56.3 Å². The highest BCUT2D eigenvalue weighted by Crippen LogP contribution is 2.18. The third kappa shape index (κ3) is 3.36. The van der Waals surface area contributed by atoms with E-state index in [-0.39, 0.29) is 5.91 Å². The Labute approximate surface area is 118 Å². The molecule has 3 heteroatoms. The number of aryl methyl sites for hydroxylation is 2. The Hall–Kier alpha value is -1.80. The van der Waals surface area contributed by atoms with Crippen LogP contribution in [0.3, 0.4) is 0 Å². The van der Waals surface area contributed by atoms with Crippen LogP contribution in [0.5, 0.6) is 0 Å². The molecule has 2 rings (SSSR count). The van der Waals surface area contributed by atoms with Crippen LogP contribution in [0.2, 0.25) is 0 Å². The largest absolute Gasteiger partial charge is 0.322 e. The predicted octanol–water partition coefficient (Wildman–Crippen LogP) is 4.29. The minimum Gasteiger partial charge on any atom is -0.322 e. The lowest BCUT2D eigenvalue weighted by molar-refractivity contribution is 0.102.